The van der Waals surface area contributed by atoms with Crippen molar-refractivity contribution in [3.8, 4) is 0 Å². The Bertz CT molecular complexity index is 228. The zero-order valence-corrected chi connectivity index (χ0v) is 16.9. The van der Waals surface area contributed by atoms with E-state index in [0.29, 0.717) is 0 Å². The molecule has 0 spiro atoms. The van der Waals surface area contributed by atoms with E-state index in [1.165, 1.54) is 0 Å². The predicted octanol–water partition coefficient (Wildman–Crippen LogP) is 2.01. The van der Waals surface area contributed by atoms with Crippen molar-refractivity contribution >= 4 is 22.0 Å². The van der Waals surface area contributed by atoms with E-state index in [-0.39, 0.29) is 11.2 Å². The van der Waals surface area contributed by atoms with Crippen LogP contribution in [0.5, 0.6) is 0 Å². The molecule has 114 valence electrons. The molecule has 19 heavy (non-hydrogen) atoms. The number of likely N-dealkylation sites (N-methyl/N-ethyl adjacent to an activating group) is 2. The van der Waals surface area contributed by atoms with Gasteiger partial charge in [0.15, 0.2) is 0 Å². The van der Waals surface area contributed by atoms with Crippen LogP contribution in [0.1, 0.15) is 40.5 Å². The van der Waals surface area contributed by atoms with Gasteiger partial charge in [0.2, 0.25) is 0 Å². The first kappa shape index (κ1) is 19.6. The molecule has 0 amide bonds. The summed E-state index contributed by atoms with van der Waals surface area (Å²) in [6.45, 7) is 10.6. The van der Waals surface area contributed by atoms with Gasteiger partial charge in [0.25, 0.3) is 0 Å². The summed E-state index contributed by atoms with van der Waals surface area (Å²) in [7, 11) is 8.35. The first-order chi connectivity index (χ1) is 8.66. The predicted molar refractivity (Wildman–Crippen MR) is 82.4 cm³/mol. The van der Waals surface area contributed by atoms with Gasteiger partial charge in [0.1, 0.15) is 0 Å². The summed E-state index contributed by atoms with van der Waals surface area (Å²) in [5.74, 6) is 0. The second-order valence-electron chi connectivity index (χ2n) is 6.37. The number of hydrogen-bond acceptors (Lipinski definition) is 4. The third-order valence-electron chi connectivity index (χ3n) is 3.37. The summed E-state index contributed by atoms with van der Waals surface area (Å²) in [4.78, 5) is 4.36. The molecule has 0 aliphatic rings. The molecular weight excluding hydrogens is 347 g/mol. The molecule has 4 nitrogen and oxygen atoms in total. The summed E-state index contributed by atoms with van der Waals surface area (Å²) in [5, 5.41) is 0. The van der Waals surface area contributed by atoms with Crippen molar-refractivity contribution in [1.82, 2.24) is 9.80 Å². The molecule has 0 rings (SSSR count). The van der Waals surface area contributed by atoms with E-state index in [2.05, 4.69) is 65.7 Å². The van der Waals surface area contributed by atoms with Crippen LogP contribution < -0.4 is 0 Å². The summed E-state index contributed by atoms with van der Waals surface area (Å²) in [5.41, 5.74) is -0.134. The van der Waals surface area contributed by atoms with Crippen LogP contribution in [0.4, 0.5) is 0 Å². The fourth-order valence-corrected chi connectivity index (χ4v) is 4.45. The van der Waals surface area contributed by atoms with Gasteiger partial charge in [-0.1, -0.05) is 0 Å². The Balaban J connectivity index is 4.30. The molecule has 0 saturated heterocycles. The molecule has 2 radical (unpaired) electrons. The Morgan fingerprint density at radius 1 is 0.789 bits per heavy atom. The number of rotatable bonds is 10. The van der Waals surface area contributed by atoms with Crippen molar-refractivity contribution in [2.45, 2.75) is 51.7 Å². The van der Waals surface area contributed by atoms with Crippen LogP contribution in [0.2, 0.25) is 0 Å². The summed E-state index contributed by atoms with van der Waals surface area (Å²) in [6.07, 6.45) is 2.04. The monoisotopic (exact) mass is 380 g/mol. The standard InChI is InChI=1S/2C7H16NO.Sn/c2*1-5-7(2,9)6-8(3)4;/h2*5-6H2,1-4H3;/q2*-1;+2. The van der Waals surface area contributed by atoms with Crippen molar-refractivity contribution in [1.29, 1.82) is 0 Å². The van der Waals surface area contributed by atoms with Crippen LogP contribution in [0.25, 0.3) is 0 Å². The van der Waals surface area contributed by atoms with Gasteiger partial charge in [-0.25, -0.2) is 0 Å². The molecule has 0 bridgehead atoms. The third kappa shape index (κ3) is 8.50. The minimum atomic E-state index is -1.25. The van der Waals surface area contributed by atoms with Gasteiger partial charge in [0, 0.05) is 0 Å². The van der Waals surface area contributed by atoms with Crippen LogP contribution in [0, 0.1) is 0 Å². The molecule has 2 unspecified atom stereocenters. The van der Waals surface area contributed by atoms with Crippen molar-refractivity contribution in [3.63, 3.8) is 0 Å². The van der Waals surface area contributed by atoms with Gasteiger partial charge in [-0.05, 0) is 0 Å². The van der Waals surface area contributed by atoms with Gasteiger partial charge >= 0.3 is 131 Å². The van der Waals surface area contributed by atoms with E-state index in [1.54, 1.807) is 0 Å². The molecule has 0 aromatic carbocycles. The van der Waals surface area contributed by atoms with E-state index in [4.69, 9.17) is 6.15 Å². The molecule has 0 aromatic rings. The zero-order valence-electron chi connectivity index (χ0n) is 14.0. The van der Waals surface area contributed by atoms with Crippen LogP contribution in [-0.4, -0.2) is 84.3 Å². The molecule has 0 saturated carbocycles. The molecule has 0 fully saturated rings. The molecule has 0 heterocycles. The molecule has 0 aliphatic carbocycles. The van der Waals surface area contributed by atoms with Crippen LogP contribution in [-0.2, 0) is 6.15 Å². The second-order valence-corrected chi connectivity index (χ2v) is 8.01. The first-order valence-electron chi connectivity index (χ1n) is 7.07. The fourth-order valence-electron chi connectivity index (χ4n) is 1.99. The molecule has 0 aromatic heterocycles. The van der Waals surface area contributed by atoms with Crippen molar-refractivity contribution in [2.75, 3.05) is 41.3 Å². The van der Waals surface area contributed by atoms with Crippen molar-refractivity contribution in [2.24, 2.45) is 0 Å². The van der Waals surface area contributed by atoms with Crippen LogP contribution in [0.3, 0.4) is 0 Å². The van der Waals surface area contributed by atoms with Crippen LogP contribution >= 0.6 is 0 Å². The number of hydrogen-bond donors (Lipinski definition) is 0. The van der Waals surface area contributed by atoms with E-state index in [0.717, 1.165) is 25.9 Å². The minimum absolute atomic E-state index is 0.0670. The maximum absolute atomic E-state index is 6.16. The Morgan fingerprint density at radius 3 is 1.32 bits per heavy atom. The summed E-state index contributed by atoms with van der Waals surface area (Å²) >= 11 is -1.25. The van der Waals surface area contributed by atoms with E-state index >= 15 is 0 Å². The third-order valence-corrected chi connectivity index (χ3v) is 6.66. The quantitative estimate of drug-likeness (QED) is 0.543. The topological polar surface area (TPSA) is 24.9 Å². The summed E-state index contributed by atoms with van der Waals surface area (Å²) < 4.78 is 12.3. The van der Waals surface area contributed by atoms with E-state index in [9.17, 15) is 0 Å². The molecular formula is C14H32N2O2Sn. The summed E-state index contributed by atoms with van der Waals surface area (Å²) in [6, 6.07) is 0. The van der Waals surface area contributed by atoms with Gasteiger partial charge < -0.3 is 0 Å². The normalized spacial score (nSPS) is 18.6. The SMILES string of the molecule is CCC(C)(CN(C)C)[O][Sn][O]C(C)(CC)CN(C)C. The van der Waals surface area contributed by atoms with Gasteiger partial charge in [-0.3, -0.25) is 0 Å². The van der Waals surface area contributed by atoms with Crippen molar-refractivity contribution < 1.29 is 6.15 Å². The van der Waals surface area contributed by atoms with Gasteiger partial charge in [-0.2, -0.15) is 0 Å². The number of nitrogens with zero attached hydrogens (tertiary/aromatic N) is 2. The fraction of sp³-hybridized carbons (Fsp3) is 1.00. The van der Waals surface area contributed by atoms with E-state index in [1.807, 2.05) is 0 Å². The van der Waals surface area contributed by atoms with E-state index < -0.39 is 22.0 Å². The Labute approximate surface area is 131 Å². The van der Waals surface area contributed by atoms with Gasteiger partial charge in [0.05, 0.1) is 0 Å². The average Bonchev–Trinajstić information content (AvgIpc) is 2.27. The second kappa shape index (κ2) is 8.82. The average molecular weight is 379 g/mol. The first-order valence-corrected chi connectivity index (χ1v) is 9.40. The Kier molecular flexibility index (Phi) is 9.12. The van der Waals surface area contributed by atoms with Crippen LogP contribution in [0.15, 0.2) is 0 Å². The zero-order chi connectivity index (χ0) is 15.1. The van der Waals surface area contributed by atoms with Crippen molar-refractivity contribution in [3.05, 3.63) is 0 Å². The molecule has 0 aliphatic heterocycles. The molecule has 0 N–H and O–H groups in total. The molecule has 2 atom stereocenters. The van der Waals surface area contributed by atoms with Gasteiger partial charge in [-0.15, -0.1) is 0 Å². The molecule has 5 heteroatoms. The Hall–Kier alpha value is 0.639. The Morgan fingerprint density at radius 2 is 1.11 bits per heavy atom. The maximum atomic E-state index is 6.16.